The fourth-order valence-electron chi connectivity index (χ4n) is 3.11. The molecule has 3 atom stereocenters. The van der Waals surface area contributed by atoms with E-state index in [0.29, 0.717) is 29.1 Å². The minimum Gasteiger partial charge on any atom is -0.481 e. The van der Waals surface area contributed by atoms with Crippen molar-refractivity contribution in [2.24, 2.45) is 11.1 Å². The van der Waals surface area contributed by atoms with Gasteiger partial charge in [-0.2, -0.15) is 0 Å². The maximum absolute atomic E-state index is 12.0. The number of nitrogens with two attached hydrogens (primary N) is 3. The molecule has 3 heterocycles. The number of β-lactam (4-membered cyclic amide) rings is 1. The zero-order chi connectivity index (χ0) is 19.1. The number of aliphatic carboxylic acids is 1. The van der Waals surface area contributed by atoms with Gasteiger partial charge in [-0.3, -0.25) is 9.59 Å². The highest BCUT2D eigenvalue weighted by Gasteiger charge is 2.55. The third-order valence-corrected chi connectivity index (χ3v) is 7.50. The number of nitrogens with zero attached hydrogens (tertiary/aromatic N) is 3. The SMILES string of the molecule is CCC[n+]1c(N)cc(N)nc1SCC1(C(=O)O)CS[C@@H]2C(N)C(=O)N2C1. The predicted octanol–water partition coefficient (Wildman–Crippen LogP) is -0.651. The second-order valence-electron chi connectivity index (χ2n) is 6.61. The Morgan fingerprint density at radius 1 is 1.58 bits per heavy atom. The Hall–Kier alpha value is -1.72. The van der Waals surface area contributed by atoms with Crippen LogP contribution in [0.1, 0.15) is 13.3 Å². The van der Waals surface area contributed by atoms with Crippen LogP contribution in [-0.2, 0) is 16.1 Å². The highest BCUT2D eigenvalue weighted by molar-refractivity contribution is 8.00. The molecule has 1 amide bonds. The molecule has 0 bridgehead atoms. The fraction of sp³-hybridized carbons (Fsp3) is 0.600. The Kier molecular flexibility index (Phi) is 5.22. The largest absolute Gasteiger partial charge is 0.481 e. The van der Waals surface area contributed by atoms with Crippen LogP contribution in [0, 0.1) is 5.41 Å². The first kappa shape index (κ1) is 19.1. The van der Waals surface area contributed by atoms with E-state index in [1.54, 1.807) is 11.0 Å². The average Bonchev–Trinajstić information content (AvgIpc) is 2.61. The van der Waals surface area contributed by atoms with Crippen molar-refractivity contribution in [1.29, 1.82) is 0 Å². The molecule has 0 aromatic carbocycles. The molecule has 11 heteroatoms. The lowest BCUT2D eigenvalue weighted by atomic mass is 9.89. The molecule has 0 aliphatic carbocycles. The number of anilines is 2. The monoisotopic (exact) mass is 399 g/mol. The number of nitrogen functional groups attached to an aromatic ring is 2. The number of carboxylic acid groups (broad SMARTS) is 1. The lowest BCUT2D eigenvalue weighted by Gasteiger charge is -2.52. The highest BCUT2D eigenvalue weighted by atomic mass is 32.2. The number of thioether (sulfide) groups is 2. The highest BCUT2D eigenvalue weighted by Crippen LogP contribution is 2.43. The number of carbonyl (C=O) groups is 2. The van der Waals surface area contributed by atoms with Crippen LogP contribution in [0.5, 0.6) is 0 Å². The van der Waals surface area contributed by atoms with E-state index in [0.717, 1.165) is 6.42 Å². The third-order valence-electron chi connectivity index (χ3n) is 4.63. The van der Waals surface area contributed by atoms with Gasteiger partial charge in [0.1, 0.15) is 16.8 Å². The lowest BCUT2D eigenvalue weighted by molar-refractivity contribution is -0.723. The zero-order valence-electron chi connectivity index (χ0n) is 14.4. The van der Waals surface area contributed by atoms with Gasteiger partial charge in [0.25, 0.3) is 0 Å². The van der Waals surface area contributed by atoms with Gasteiger partial charge in [-0.1, -0.05) is 23.7 Å². The van der Waals surface area contributed by atoms with Crippen molar-refractivity contribution in [1.82, 2.24) is 9.88 Å². The van der Waals surface area contributed by atoms with Gasteiger partial charge in [-0.25, -0.2) is 4.57 Å². The minimum atomic E-state index is -1.06. The predicted molar refractivity (Wildman–Crippen MR) is 100 cm³/mol. The van der Waals surface area contributed by atoms with Crippen LogP contribution in [0.3, 0.4) is 0 Å². The standard InChI is InChI=1S/C15H22N6O3S2/c1-2-3-20-9(17)4-8(16)19-14(20)26-7-15(13(23)24)5-21-11(22)10(18)12(21)25-6-15/h4,10,12H,2-3,5-7,18H2,1H3,(H4,16,17,23,24)/p+1/t10?,12-,15?/m1/s1. The van der Waals surface area contributed by atoms with Crippen LogP contribution in [0.25, 0.3) is 0 Å². The van der Waals surface area contributed by atoms with Gasteiger partial charge in [0.15, 0.2) is 0 Å². The summed E-state index contributed by atoms with van der Waals surface area (Å²) in [6.07, 6.45) is 0.857. The second kappa shape index (κ2) is 7.12. The molecular weight excluding hydrogens is 376 g/mol. The van der Waals surface area contributed by atoms with Crippen molar-refractivity contribution in [2.45, 2.75) is 36.5 Å². The smallest absolute Gasteiger partial charge is 0.313 e. The molecule has 0 radical (unpaired) electrons. The molecule has 2 aliphatic rings. The summed E-state index contributed by atoms with van der Waals surface area (Å²) in [5, 5.41) is 10.3. The molecule has 2 unspecified atom stereocenters. The maximum atomic E-state index is 12.0. The van der Waals surface area contributed by atoms with Crippen LogP contribution in [0.2, 0.25) is 0 Å². The van der Waals surface area contributed by atoms with E-state index in [1.807, 2.05) is 11.5 Å². The van der Waals surface area contributed by atoms with Gasteiger partial charge in [0.2, 0.25) is 17.5 Å². The van der Waals surface area contributed by atoms with Gasteiger partial charge in [0.05, 0.1) is 12.6 Å². The Morgan fingerprint density at radius 3 is 2.96 bits per heavy atom. The van der Waals surface area contributed by atoms with E-state index in [1.165, 1.54) is 23.5 Å². The summed E-state index contributed by atoms with van der Waals surface area (Å²) in [5.74, 6) is 0.328. The summed E-state index contributed by atoms with van der Waals surface area (Å²) in [5.41, 5.74) is 16.6. The van der Waals surface area contributed by atoms with Gasteiger partial charge in [-0.15, -0.1) is 11.8 Å². The van der Waals surface area contributed by atoms with Crippen molar-refractivity contribution in [3.8, 4) is 0 Å². The Labute approximate surface area is 159 Å². The summed E-state index contributed by atoms with van der Waals surface area (Å²) < 4.78 is 1.83. The van der Waals surface area contributed by atoms with Crippen LogP contribution in [0.15, 0.2) is 11.2 Å². The first-order valence-electron chi connectivity index (χ1n) is 8.29. The van der Waals surface area contributed by atoms with Crippen LogP contribution < -0.4 is 21.8 Å². The number of hydrogen-bond donors (Lipinski definition) is 4. The molecule has 3 rings (SSSR count). The molecule has 7 N–H and O–H groups in total. The Balaban J connectivity index is 1.81. The number of carbonyl (C=O) groups excluding carboxylic acids is 1. The van der Waals surface area contributed by atoms with Gasteiger partial charge in [-0.05, 0) is 6.42 Å². The number of amides is 1. The lowest BCUT2D eigenvalue weighted by Crippen LogP contribution is -2.72. The van der Waals surface area contributed by atoms with Gasteiger partial charge in [0, 0.05) is 18.1 Å². The topological polar surface area (TPSA) is 152 Å². The van der Waals surface area contributed by atoms with Crippen LogP contribution >= 0.6 is 23.5 Å². The maximum Gasteiger partial charge on any atom is 0.313 e. The summed E-state index contributed by atoms with van der Waals surface area (Å²) in [4.78, 5) is 29.9. The van der Waals surface area contributed by atoms with Crippen molar-refractivity contribution >= 4 is 47.0 Å². The number of rotatable bonds is 6. The molecule has 2 aliphatic heterocycles. The third kappa shape index (κ3) is 3.19. The van der Waals surface area contributed by atoms with E-state index in [-0.39, 0.29) is 23.6 Å². The molecule has 1 aromatic rings. The minimum absolute atomic E-state index is 0.119. The molecule has 0 saturated carbocycles. The average molecular weight is 400 g/mol. The molecule has 0 spiro atoms. The van der Waals surface area contributed by atoms with Gasteiger partial charge >= 0.3 is 11.1 Å². The quantitative estimate of drug-likeness (QED) is 0.211. The zero-order valence-corrected chi connectivity index (χ0v) is 16.1. The molecule has 142 valence electrons. The summed E-state index contributed by atoms with van der Waals surface area (Å²) in [6.45, 7) is 2.84. The molecule has 9 nitrogen and oxygen atoms in total. The second-order valence-corrected chi connectivity index (χ2v) is 8.66. The summed E-state index contributed by atoms with van der Waals surface area (Å²) >= 11 is 2.73. The molecular formula is C15H23N6O3S2+. The van der Waals surface area contributed by atoms with E-state index in [4.69, 9.17) is 17.2 Å². The van der Waals surface area contributed by atoms with E-state index >= 15 is 0 Å². The molecule has 2 saturated heterocycles. The normalized spacial score (nSPS) is 27.8. The first-order chi connectivity index (χ1) is 12.3. The van der Waals surface area contributed by atoms with Gasteiger partial charge < -0.3 is 27.2 Å². The van der Waals surface area contributed by atoms with Crippen molar-refractivity contribution in [3.63, 3.8) is 0 Å². The van der Waals surface area contributed by atoms with E-state index < -0.39 is 17.4 Å². The van der Waals surface area contributed by atoms with Crippen LogP contribution in [0.4, 0.5) is 11.6 Å². The number of aromatic nitrogens is 2. The van der Waals surface area contributed by atoms with Crippen LogP contribution in [-0.4, -0.2) is 56.3 Å². The Bertz CT molecular complexity index is 748. The van der Waals surface area contributed by atoms with E-state index in [9.17, 15) is 14.7 Å². The fourth-order valence-corrected chi connectivity index (χ4v) is 5.97. The van der Waals surface area contributed by atoms with Crippen molar-refractivity contribution < 1.29 is 19.3 Å². The number of carboxylic acids is 1. The molecule has 2 fully saturated rings. The first-order valence-corrected chi connectivity index (χ1v) is 10.3. The van der Waals surface area contributed by atoms with E-state index in [2.05, 4.69) is 4.98 Å². The van der Waals surface area contributed by atoms with Crippen molar-refractivity contribution in [3.05, 3.63) is 6.07 Å². The van der Waals surface area contributed by atoms with Crippen molar-refractivity contribution in [2.75, 3.05) is 29.5 Å². The summed E-state index contributed by atoms with van der Waals surface area (Å²) in [7, 11) is 0. The molecule has 1 aromatic heterocycles. The number of fused-ring (bicyclic) bond motifs is 1. The summed E-state index contributed by atoms with van der Waals surface area (Å²) in [6, 6.07) is 1.06. The Morgan fingerprint density at radius 2 is 2.31 bits per heavy atom. The molecule has 26 heavy (non-hydrogen) atoms. The number of hydrogen-bond acceptors (Lipinski definition) is 8.